The molecule has 1 heterocycles. The Balaban J connectivity index is 1.70. The molecule has 0 bridgehead atoms. The van der Waals surface area contributed by atoms with Gasteiger partial charge in [0.15, 0.2) is 0 Å². The van der Waals surface area contributed by atoms with Crippen molar-refractivity contribution < 1.29 is 14.2 Å². The maximum Gasteiger partial charge on any atom is 0.0673 e. The predicted molar refractivity (Wildman–Crippen MR) is 70.5 cm³/mol. The van der Waals surface area contributed by atoms with E-state index in [0.717, 1.165) is 58.2 Å². The van der Waals surface area contributed by atoms with Gasteiger partial charge in [-0.15, -0.1) is 0 Å². The first-order chi connectivity index (χ1) is 8.82. The SMILES string of the molecule is COCCCOCCC1(CN)CCOC1C1CC1. The average Bonchev–Trinajstić information content (AvgIpc) is 3.15. The predicted octanol–water partition coefficient (Wildman–Crippen LogP) is 1.57. The van der Waals surface area contributed by atoms with Crippen LogP contribution in [-0.2, 0) is 14.2 Å². The molecular weight excluding hydrogens is 230 g/mol. The molecule has 0 radical (unpaired) electrons. The van der Waals surface area contributed by atoms with Crippen molar-refractivity contribution in [1.29, 1.82) is 0 Å². The van der Waals surface area contributed by atoms with Crippen molar-refractivity contribution in [3.05, 3.63) is 0 Å². The number of hydrogen-bond acceptors (Lipinski definition) is 4. The van der Waals surface area contributed by atoms with Gasteiger partial charge in [-0.05, 0) is 38.0 Å². The normalized spacial score (nSPS) is 32.0. The molecule has 0 spiro atoms. The summed E-state index contributed by atoms with van der Waals surface area (Å²) in [6.07, 6.45) is 6.14. The number of rotatable bonds is 9. The maximum atomic E-state index is 6.03. The van der Waals surface area contributed by atoms with Gasteiger partial charge < -0.3 is 19.9 Å². The minimum absolute atomic E-state index is 0.183. The van der Waals surface area contributed by atoms with Crippen molar-refractivity contribution in [2.75, 3.05) is 40.1 Å². The van der Waals surface area contributed by atoms with Crippen molar-refractivity contribution in [3.8, 4) is 0 Å². The van der Waals surface area contributed by atoms with Crippen molar-refractivity contribution in [1.82, 2.24) is 0 Å². The smallest absolute Gasteiger partial charge is 0.0673 e. The van der Waals surface area contributed by atoms with Gasteiger partial charge in [-0.1, -0.05) is 0 Å². The standard InChI is InChI=1S/C14H27NO3/c1-16-7-2-8-17-9-5-14(11-15)6-10-18-13(14)12-3-4-12/h12-13H,2-11,15H2,1H3. The zero-order valence-electron chi connectivity index (χ0n) is 11.5. The third-order valence-corrected chi connectivity index (χ3v) is 4.34. The van der Waals surface area contributed by atoms with Crippen LogP contribution in [0.5, 0.6) is 0 Å². The molecular formula is C14H27NO3. The van der Waals surface area contributed by atoms with E-state index in [1.807, 2.05) is 0 Å². The van der Waals surface area contributed by atoms with Crippen molar-refractivity contribution in [3.63, 3.8) is 0 Å². The van der Waals surface area contributed by atoms with Crippen LogP contribution in [0.1, 0.15) is 32.1 Å². The van der Waals surface area contributed by atoms with Gasteiger partial charge in [-0.2, -0.15) is 0 Å². The monoisotopic (exact) mass is 257 g/mol. The zero-order chi connectivity index (χ0) is 12.8. The van der Waals surface area contributed by atoms with Crippen LogP contribution in [-0.4, -0.2) is 46.2 Å². The van der Waals surface area contributed by atoms with Gasteiger partial charge in [0.25, 0.3) is 0 Å². The lowest BCUT2D eigenvalue weighted by atomic mass is 9.76. The highest BCUT2D eigenvalue weighted by Gasteiger charge is 2.49. The molecule has 1 aliphatic heterocycles. The fourth-order valence-electron chi connectivity index (χ4n) is 3.01. The summed E-state index contributed by atoms with van der Waals surface area (Å²) in [5.74, 6) is 0.768. The van der Waals surface area contributed by atoms with E-state index in [0.29, 0.717) is 6.10 Å². The summed E-state index contributed by atoms with van der Waals surface area (Å²) >= 11 is 0. The van der Waals surface area contributed by atoms with E-state index in [1.54, 1.807) is 7.11 Å². The van der Waals surface area contributed by atoms with Crippen molar-refractivity contribution in [2.45, 2.75) is 38.2 Å². The molecule has 0 aromatic rings. The highest BCUT2D eigenvalue weighted by molar-refractivity contribution is 4.99. The summed E-state index contributed by atoms with van der Waals surface area (Å²) in [5.41, 5.74) is 6.21. The molecule has 4 nitrogen and oxygen atoms in total. The van der Waals surface area contributed by atoms with Crippen molar-refractivity contribution >= 4 is 0 Å². The summed E-state index contributed by atoms with van der Waals surface area (Å²) in [5, 5.41) is 0. The molecule has 1 aliphatic carbocycles. The van der Waals surface area contributed by atoms with Crippen LogP contribution in [0.15, 0.2) is 0 Å². The van der Waals surface area contributed by atoms with Crippen LogP contribution < -0.4 is 5.73 Å². The summed E-state index contributed by atoms with van der Waals surface area (Å²) in [7, 11) is 1.72. The minimum atomic E-state index is 0.183. The topological polar surface area (TPSA) is 53.7 Å². The number of methoxy groups -OCH3 is 1. The first kappa shape index (κ1) is 14.3. The van der Waals surface area contributed by atoms with Gasteiger partial charge in [0.2, 0.25) is 0 Å². The van der Waals surface area contributed by atoms with E-state index < -0.39 is 0 Å². The van der Waals surface area contributed by atoms with E-state index >= 15 is 0 Å². The molecule has 4 heteroatoms. The molecule has 18 heavy (non-hydrogen) atoms. The Hall–Kier alpha value is -0.160. The van der Waals surface area contributed by atoms with Crippen LogP contribution in [0.25, 0.3) is 0 Å². The van der Waals surface area contributed by atoms with E-state index in [2.05, 4.69) is 0 Å². The Bertz CT molecular complexity index is 245. The molecule has 1 saturated carbocycles. The fraction of sp³-hybridized carbons (Fsp3) is 1.00. The van der Waals surface area contributed by atoms with Gasteiger partial charge in [0.05, 0.1) is 6.10 Å². The molecule has 106 valence electrons. The third-order valence-electron chi connectivity index (χ3n) is 4.34. The summed E-state index contributed by atoms with van der Waals surface area (Å²) in [4.78, 5) is 0. The second-order valence-electron chi connectivity index (χ2n) is 5.65. The quantitative estimate of drug-likeness (QED) is 0.637. The Morgan fingerprint density at radius 1 is 1.28 bits per heavy atom. The Morgan fingerprint density at radius 3 is 2.78 bits per heavy atom. The first-order valence-corrected chi connectivity index (χ1v) is 7.21. The highest BCUT2D eigenvalue weighted by atomic mass is 16.5. The molecule has 2 rings (SSSR count). The van der Waals surface area contributed by atoms with Gasteiger partial charge in [0, 0.05) is 45.5 Å². The molecule has 0 aromatic carbocycles. The minimum Gasteiger partial charge on any atom is -0.385 e. The number of hydrogen-bond donors (Lipinski definition) is 1. The lowest BCUT2D eigenvalue weighted by molar-refractivity contribution is 0.0106. The maximum absolute atomic E-state index is 6.03. The van der Waals surface area contributed by atoms with E-state index in [9.17, 15) is 0 Å². The molecule has 1 saturated heterocycles. The third kappa shape index (κ3) is 3.44. The molecule has 2 unspecified atom stereocenters. The second-order valence-corrected chi connectivity index (χ2v) is 5.65. The van der Waals surface area contributed by atoms with Crippen LogP contribution >= 0.6 is 0 Å². The molecule has 2 N–H and O–H groups in total. The molecule has 0 aromatic heterocycles. The molecule has 2 fully saturated rings. The van der Waals surface area contributed by atoms with Gasteiger partial charge >= 0.3 is 0 Å². The number of ether oxygens (including phenoxy) is 3. The van der Waals surface area contributed by atoms with E-state index in [1.165, 1.54) is 12.8 Å². The molecule has 2 aliphatic rings. The van der Waals surface area contributed by atoms with Crippen LogP contribution in [0.2, 0.25) is 0 Å². The van der Waals surface area contributed by atoms with E-state index in [-0.39, 0.29) is 5.41 Å². The van der Waals surface area contributed by atoms with Crippen LogP contribution in [0.3, 0.4) is 0 Å². The van der Waals surface area contributed by atoms with Gasteiger partial charge in [0.1, 0.15) is 0 Å². The van der Waals surface area contributed by atoms with Gasteiger partial charge in [-0.3, -0.25) is 0 Å². The molecule has 2 atom stereocenters. The van der Waals surface area contributed by atoms with Gasteiger partial charge in [-0.25, -0.2) is 0 Å². The Morgan fingerprint density at radius 2 is 2.11 bits per heavy atom. The van der Waals surface area contributed by atoms with Crippen LogP contribution in [0, 0.1) is 11.3 Å². The largest absolute Gasteiger partial charge is 0.385 e. The lowest BCUT2D eigenvalue weighted by Gasteiger charge is -2.33. The first-order valence-electron chi connectivity index (χ1n) is 7.21. The average molecular weight is 257 g/mol. The lowest BCUT2D eigenvalue weighted by Crippen LogP contribution is -2.40. The summed E-state index contributed by atoms with van der Waals surface area (Å²) in [6.45, 7) is 3.96. The highest BCUT2D eigenvalue weighted by Crippen LogP contribution is 2.49. The molecule has 0 amide bonds. The van der Waals surface area contributed by atoms with Crippen molar-refractivity contribution in [2.24, 2.45) is 17.1 Å². The summed E-state index contributed by atoms with van der Waals surface area (Å²) < 4.78 is 16.6. The fourth-order valence-corrected chi connectivity index (χ4v) is 3.01. The number of nitrogens with two attached hydrogens (primary N) is 1. The Kier molecular flexibility index (Phi) is 5.42. The summed E-state index contributed by atoms with van der Waals surface area (Å²) in [6, 6.07) is 0. The Labute approximate surface area is 110 Å². The second kappa shape index (κ2) is 6.85. The zero-order valence-corrected chi connectivity index (χ0v) is 11.5. The van der Waals surface area contributed by atoms with Crippen LogP contribution in [0.4, 0.5) is 0 Å². The van der Waals surface area contributed by atoms with E-state index in [4.69, 9.17) is 19.9 Å².